The van der Waals surface area contributed by atoms with Crippen LogP contribution in [0.25, 0.3) is 0 Å². The van der Waals surface area contributed by atoms with Crippen LogP contribution in [0.2, 0.25) is 0 Å². The van der Waals surface area contributed by atoms with Crippen LogP contribution in [0.3, 0.4) is 0 Å². The van der Waals surface area contributed by atoms with E-state index in [9.17, 15) is 0 Å². The fourth-order valence-electron chi connectivity index (χ4n) is 4.99. The van der Waals surface area contributed by atoms with Crippen molar-refractivity contribution in [3.8, 4) is 5.75 Å². The lowest BCUT2D eigenvalue weighted by atomic mass is 9.92. The van der Waals surface area contributed by atoms with Gasteiger partial charge in [0.15, 0.2) is 5.17 Å². The Morgan fingerprint density at radius 2 is 0.910 bits per heavy atom. The minimum Gasteiger partial charge on any atom is -0.497 e. The van der Waals surface area contributed by atoms with Gasteiger partial charge >= 0.3 is 0 Å². The molecule has 1 aliphatic heterocycles. The molecule has 0 unspecified atom stereocenters. The van der Waals surface area contributed by atoms with Gasteiger partial charge in [-0.25, -0.2) is 0 Å². The summed E-state index contributed by atoms with van der Waals surface area (Å²) in [7, 11) is 1.69. The van der Waals surface area contributed by atoms with Gasteiger partial charge in [0.05, 0.1) is 12.6 Å². The third-order valence-corrected chi connectivity index (χ3v) is 7.77. The molecular weight excluding hydrogens is 1090 g/mol. The van der Waals surface area contributed by atoms with Gasteiger partial charge in [-0.1, -0.05) is 263 Å². The van der Waals surface area contributed by atoms with Crippen LogP contribution in [-0.4, -0.2) is 60.6 Å². The normalized spacial score (nSPS) is 10.8. The van der Waals surface area contributed by atoms with Gasteiger partial charge in [0.1, 0.15) is 5.75 Å². The van der Waals surface area contributed by atoms with Crippen molar-refractivity contribution in [3.63, 3.8) is 0 Å². The number of thiol groups is 1. The number of thioether (sulfide) groups is 2. The molecule has 5 nitrogen and oxygen atoms in total. The molecule has 1 heterocycles. The molecule has 0 aliphatic carbocycles. The van der Waals surface area contributed by atoms with E-state index in [0.717, 1.165) is 35.9 Å². The van der Waals surface area contributed by atoms with Crippen LogP contribution in [0.15, 0.2) is 29.3 Å². The van der Waals surface area contributed by atoms with Crippen molar-refractivity contribution in [1.82, 2.24) is 0 Å². The number of nitrogens with zero attached hydrogens (tertiary/aromatic N) is 1. The van der Waals surface area contributed by atoms with Gasteiger partial charge in [0.25, 0.3) is 0 Å². The summed E-state index contributed by atoms with van der Waals surface area (Å²) in [5, 5.41) is 0.728. The molecule has 0 aromatic heterocycles. The van der Waals surface area contributed by atoms with Crippen molar-refractivity contribution in [2.24, 2.45) is 22.2 Å². The highest BCUT2D eigenvalue weighted by Gasteiger charge is 2.34. The molecule has 0 bridgehead atoms. The summed E-state index contributed by atoms with van der Waals surface area (Å²) >= 11 is 16.8. The van der Waals surface area contributed by atoms with Crippen LogP contribution in [0.5, 0.6) is 5.75 Å². The van der Waals surface area contributed by atoms with Crippen molar-refractivity contribution in [2.45, 2.75) is 289 Å². The van der Waals surface area contributed by atoms with E-state index >= 15 is 0 Å². The van der Waals surface area contributed by atoms with Crippen molar-refractivity contribution in [1.29, 1.82) is 0 Å². The van der Waals surface area contributed by atoms with Gasteiger partial charge in [-0.15, -0.1) is 0 Å². The van der Waals surface area contributed by atoms with Crippen LogP contribution >= 0.6 is 83.9 Å². The molecule has 0 saturated carbocycles. The number of amidine groups is 1. The Kier molecular flexibility index (Phi) is 164. The van der Waals surface area contributed by atoms with Gasteiger partial charge in [-0.2, -0.15) is 24.4 Å². The Labute approximate surface area is 473 Å². The SMILES string of the molecule is C.C.C.C.C.C.C.C.C.CBr.CBr.CBr.CC.CC.CC.CC.CC.CC.CC(C)(N)CC(C)(C)S.CC1(C)CC(C)(C)SC(N)=N1.COc1ccc(CSC(C)(C)CC(C)(C)N)cc1.FF.[2H][2H]. The van der Waals surface area contributed by atoms with Gasteiger partial charge < -0.3 is 21.9 Å². The number of benzene rings is 1. The maximum Gasteiger partial charge on any atom is 0.154 e. The van der Waals surface area contributed by atoms with Crippen molar-refractivity contribution < 1.29 is 16.9 Å². The summed E-state index contributed by atoms with van der Waals surface area (Å²) in [4.78, 5) is 4.37. The molecule has 0 amide bonds. The standard InChI is InChI=1S/C15H25NOS.C8H16N2S.C7H17NS.6C2H6.3CH3Br.9CH4.F2.H2/c1-14(2,16)11-15(3,4)18-10-12-6-8-13(17-5)9-7-12;1-7(2)5-8(3,4)11-6(9)10-7;1-6(2,8)5-7(3,4)9;9*1-2;;;;;;;;;;1-2;/h6-9H,10-11,16H2,1-5H3;5H2,1-4H3,(H2,9,10);9H,5,8H2,1-4H3;6*1-2H3;3*1H3;9*1H4;;1H/i;;;;;;;;;;;;;;;;;;;;;;1+1D. The van der Waals surface area contributed by atoms with E-state index in [1.54, 1.807) is 18.9 Å². The monoisotopic (exact) mass is 1230 g/mol. The minimum absolute atomic E-state index is 0. The maximum atomic E-state index is 8.00. The van der Waals surface area contributed by atoms with Gasteiger partial charge in [-0.3, -0.25) is 4.99 Å². The van der Waals surface area contributed by atoms with Crippen LogP contribution in [-0.2, 0) is 5.75 Å². The molecule has 0 atom stereocenters. The highest BCUT2D eigenvalue weighted by molar-refractivity contribution is 9.09. The highest BCUT2D eigenvalue weighted by atomic mass is 79.9. The van der Waals surface area contributed by atoms with Crippen LogP contribution in [0.1, 0.15) is 261 Å². The van der Waals surface area contributed by atoms with E-state index < -0.39 is 0 Å². The van der Waals surface area contributed by atoms with Gasteiger partial charge in [0.2, 0.25) is 0 Å². The lowest BCUT2D eigenvalue weighted by Crippen LogP contribution is -2.38. The molecule has 1 aromatic rings. The smallest absolute Gasteiger partial charge is 0.154 e. The number of rotatable bonds is 8. The first-order valence-electron chi connectivity index (χ1n) is 21.6. The highest BCUT2D eigenvalue weighted by Crippen LogP contribution is 2.39. The number of methoxy groups -OCH3 is 1. The molecule has 0 radical (unpaired) electrons. The first kappa shape index (κ1) is 127. The molecule has 0 saturated heterocycles. The lowest BCUT2D eigenvalue weighted by molar-refractivity contribution is 0.108. The number of halogens is 5. The number of hydrogen-bond acceptors (Lipinski definition) is 8. The fourth-order valence-corrected chi connectivity index (χ4v) is 7.90. The molecule has 67 heavy (non-hydrogen) atoms. The largest absolute Gasteiger partial charge is 0.497 e. The molecule has 2 rings (SSSR count). The zero-order chi connectivity index (χ0) is 52.2. The van der Waals surface area contributed by atoms with Gasteiger partial charge in [-0.05, 0) is 96.0 Å². The van der Waals surface area contributed by atoms with E-state index in [4.69, 9.17) is 34.1 Å². The molecular formula is C54H141Br3F2N4OS3. The Morgan fingerprint density at radius 1 is 0.642 bits per heavy atom. The van der Waals surface area contributed by atoms with Crippen LogP contribution < -0.4 is 21.9 Å². The van der Waals surface area contributed by atoms with Crippen LogP contribution in [0, 0.1) is 0 Å². The van der Waals surface area contributed by atoms with Crippen molar-refractivity contribution in [3.05, 3.63) is 29.8 Å². The third kappa shape index (κ3) is 128. The number of alkyl halides is 3. The summed E-state index contributed by atoms with van der Waals surface area (Å²) in [5.41, 5.74) is 18.7. The fraction of sp³-hybridized carbons (Fsp3) is 0.870. The summed E-state index contributed by atoms with van der Waals surface area (Å²) < 4.78 is 31.6. The molecule has 13 heteroatoms. The predicted octanol–water partition coefficient (Wildman–Crippen LogP) is 23.7. The quantitative estimate of drug-likeness (QED) is 0.153. The van der Waals surface area contributed by atoms with E-state index in [1.807, 2.05) is 138 Å². The first-order chi connectivity index (χ1) is 27.7. The van der Waals surface area contributed by atoms with E-state index in [1.165, 1.54) is 5.56 Å². The number of hydrogen-bond donors (Lipinski definition) is 4. The number of aliphatic imine (C=N–C) groups is 1. The lowest BCUT2D eigenvalue weighted by Gasteiger charge is -2.36. The van der Waals surface area contributed by atoms with Crippen LogP contribution in [0.4, 0.5) is 9.15 Å². The number of nitrogens with two attached hydrogens (primary N) is 3. The third-order valence-electron chi connectivity index (χ3n) is 5.21. The Bertz CT molecular complexity index is 897. The topological polar surface area (TPSA) is 99.7 Å². The Balaban J connectivity index is -0.0000000212. The van der Waals surface area contributed by atoms with Gasteiger partial charge in [0, 0.05) is 43.2 Å². The van der Waals surface area contributed by atoms with E-state index in [-0.39, 0.29) is 97.7 Å². The van der Waals surface area contributed by atoms with E-state index in [2.05, 4.69) is 147 Å². The molecule has 436 valence electrons. The second kappa shape index (κ2) is 86.5. The van der Waals surface area contributed by atoms with E-state index in [0.29, 0.717) is 0 Å². The molecule has 0 fully saturated rings. The summed E-state index contributed by atoms with van der Waals surface area (Å²) in [5.74, 6) is 7.35. The second-order valence-corrected chi connectivity index (χ2v) is 19.0. The molecule has 0 spiro atoms. The van der Waals surface area contributed by atoms with Crippen molar-refractivity contribution in [2.75, 3.05) is 24.6 Å². The summed E-state index contributed by atoms with van der Waals surface area (Å²) in [6, 6.07) is 8.26. The minimum atomic E-state index is -0.115. The molecule has 1 aliphatic rings. The average molecular weight is 1240 g/mol. The summed E-state index contributed by atoms with van der Waals surface area (Å²) in [6.07, 6.45) is 3.02. The number of ether oxygens (including phenoxy) is 1. The summed E-state index contributed by atoms with van der Waals surface area (Å²) in [6.45, 7) is 49.5. The second-order valence-electron chi connectivity index (χ2n) is 14.3. The predicted molar refractivity (Wildman–Crippen MR) is 357 cm³/mol. The molecule has 1 aromatic carbocycles. The first-order valence-corrected chi connectivity index (χ1v) is 27.6. The Hall–Kier alpha value is 0.760. The Morgan fingerprint density at radius 3 is 1.09 bits per heavy atom. The average Bonchev–Trinajstić information content (AvgIpc) is 3.20. The van der Waals surface area contributed by atoms with Crippen molar-refractivity contribution >= 4 is 89.1 Å². The zero-order valence-corrected chi connectivity index (χ0v) is 50.7. The zero-order valence-electron chi connectivity index (χ0n) is 45.4. The molecule has 6 N–H and O–H groups in total. The maximum absolute atomic E-state index is 8.00.